The summed E-state index contributed by atoms with van der Waals surface area (Å²) in [5.41, 5.74) is 1.60. The first-order valence-corrected chi connectivity index (χ1v) is 9.28. The molecule has 1 saturated heterocycles. The van der Waals surface area contributed by atoms with Gasteiger partial charge in [0.15, 0.2) is 0 Å². The van der Waals surface area contributed by atoms with Crippen LogP contribution in [0.3, 0.4) is 0 Å². The molecule has 118 valence electrons. The average molecular weight is 318 g/mol. The van der Waals surface area contributed by atoms with Crippen LogP contribution in [0.4, 0.5) is 0 Å². The van der Waals surface area contributed by atoms with E-state index in [-0.39, 0.29) is 5.41 Å². The Morgan fingerprint density at radius 1 is 1.14 bits per heavy atom. The maximum absolute atomic E-state index is 6.23. The molecule has 1 aromatic rings. The van der Waals surface area contributed by atoms with Crippen molar-refractivity contribution in [1.29, 1.82) is 0 Å². The molecule has 2 nitrogen and oxygen atoms in total. The SMILES string of the molecule is Clc1ccc2c(c1)C1(CCN([C@H]3C[C@@H]4CC[C@@H]3C4)CC1)CO2. The number of likely N-dealkylation sites (tertiary alicyclic amines) is 1. The quantitative estimate of drug-likeness (QED) is 0.767. The molecule has 2 bridgehead atoms. The van der Waals surface area contributed by atoms with Gasteiger partial charge in [-0.3, -0.25) is 0 Å². The Morgan fingerprint density at radius 2 is 2.00 bits per heavy atom. The van der Waals surface area contributed by atoms with E-state index in [2.05, 4.69) is 17.0 Å². The van der Waals surface area contributed by atoms with Gasteiger partial charge in [-0.1, -0.05) is 18.0 Å². The Labute approximate surface area is 137 Å². The summed E-state index contributed by atoms with van der Waals surface area (Å²) < 4.78 is 5.98. The van der Waals surface area contributed by atoms with Crippen molar-refractivity contribution in [2.24, 2.45) is 11.8 Å². The van der Waals surface area contributed by atoms with Gasteiger partial charge in [0.05, 0.1) is 6.61 Å². The Kier molecular flexibility index (Phi) is 3.04. The third kappa shape index (κ3) is 1.96. The molecule has 2 aliphatic heterocycles. The largest absolute Gasteiger partial charge is 0.492 e. The van der Waals surface area contributed by atoms with Crippen molar-refractivity contribution in [2.45, 2.75) is 50.0 Å². The second-order valence-corrected chi connectivity index (χ2v) is 8.42. The van der Waals surface area contributed by atoms with Crippen molar-refractivity contribution >= 4 is 11.6 Å². The minimum absolute atomic E-state index is 0.231. The fraction of sp³-hybridized carbons (Fsp3) is 0.684. The molecule has 1 spiro atoms. The van der Waals surface area contributed by atoms with Crippen molar-refractivity contribution in [1.82, 2.24) is 4.90 Å². The minimum Gasteiger partial charge on any atom is -0.492 e. The summed E-state index contributed by atoms with van der Waals surface area (Å²) in [4.78, 5) is 2.80. The number of halogens is 1. The molecular weight excluding hydrogens is 294 g/mol. The third-order valence-electron chi connectivity index (χ3n) is 6.94. The van der Waals surface area contributed by atoms with Gasteiger partial charge in [-0.2, -0.15) is 0 Å². The van der Waals surface area contributed by atoms with E-state index in [9.17, 15) is 0 Å². The van der Waals surface area contributed by atoms with Gasteiger partial charge in [-0.15, -0.1) is 0 Å². The first-order valence-electron chi connectivity index (χ1n) is 8.90. The van der Waals surface area contributed by atoms with Crippen LogP contribution < -0.4 is 4.74 Å². The lowest BCUT2D eigenvalue weighted by atomic mass is 9.74. The number of piperidine rings is 1. The molecule has 5 rings (SSSR count). The fourth-order valence-electron chi connectivity index (χ4n) is 5.69. The van der Waals surface area contributed by atoms with Crippen LogP contribution in [0, 0.1) is 11.8 Å². The average Bonchev–Trinajstić information content (AvgIpc) is 3.24. The maximum atomic E-state index is 6.23. The van der Waals surface area contributed by atoms with Crippen LogP contribution in [-0.2, 0) is 5.41 Å². The molecule has 3 fully saturated rings. The maximum Gasteiger partial charge on any atom is 0.123 e. The summed E-state index contributed by atoms with van der Waals surface area (Å²) in [7, 11) is 0. The zero-order valence-corrected chi connectivity index (χ0v) is 13.8. The molecule has 2 heterocycles. The van der Waals surface area contributed by atoms with Crippen LogP contribution in [0.5, 0.6) is 5.75 Å². The van der Waals surface area contributed by atoms with Gasteiger partial charge in [0.1, 0.15) is 5.75 Å². The zero-order chi connectivity index (χ0) is 14.7. The van der Waals surface area contributed by atoms with E-state index < -0.39 is 0 Å². The molecule has 2 aliphatic carbocycles. The van der Waals surface area contributed by atoms with Gasteiger partial charge in [0.25, 0.3) is 0 Å². The summed E-state index contributed by atoms with van der Waals surface area (Å²) >= 11 is 6.23. The zero-order valence-electron chi connectivity index (χ0n) is 13.1. The lowest BCUT2D eigenvalue weighted by molar-refractivity contribution is 0.0747. The highest BCUT2D eigenvalue weighted by atomic mass is 35.5. The topological polar surface area (TPSA) is 12.5 Å². The summed E-state index contributed by atoms with van der Waals surface area (Å²) in [6.45, 7) is 3.33. The van der Waals surface area contributed by atoms with Gasteiger partial charge in [-0.05, 0) is 75.2 Å². The molecule has 0 N–H and O–H groups in total. The predicted molar refractivity (Wildman–Crippen MR) is 88.7 cm³/mol. The van der Waals surface area contributed by atoms with Gasteiger partial charge in [0.2, 0.25) is 0 Å². The molecular formula is C19H24ClNO. The van der Waals surface area contributed by atoms with Crippen LogP contribution in [0.25, 0.3) is 0 Å². The second kappa shape index (κ2) is 4.88. The number of fused-ring (bicyclic) bond motifs is 4. The molecule has 1 aromatic carbocycles. The summed E-state index contributed by atoms with van der Waals surface area (Å²) in [6, 6.07) is 7.03. The summed E-state index contributed by atoms with van der Waals surface area (Å²) in [6.07, 6.45) is 8.42. The molecule has 3 heteroatoms. The predicted octanol–water partition coefficient (Wildman–Crippen LogP) is 4.25. The van der Waals surface area contributed by atoms with E-state index >= 15 is 0 Å². The summed E-state index contributed by atoms with van der Waals surface area (Å²) in [5.74, 6) is 3.11. The number of ether oxygens (including phenoxy) is 1. The standard InChI is InChI=1S/C19H24ClNO/c20-15-3-4-18-16(11-15)19(12-22-18)5-7-21(8-6-19)17-10-13-1-2-14(17)9-13/h3-4,11,13-14,17H,1-2,5-10,12H2/t13-,14-,17+/m1/s1. The van der Waals surface area contributed by atoms with E-state index in [0.29, 0.717) is 0 Å². The first kappa shape index (κ1) is 13.7. The third-order valence-corrected chi connectivity index (χ3v) is 7.18. The van der Waals surface area contributed by atoms with Gasteiger partial charge in [0, 0.05) is 22.0 Å². The van der Waals surface area contributed by atoms with Crippen LogP contribution in [-0.4, -0.2) is 30.6 Å². The molecule has 22 heavy (non-hydrogen) atoms. The number of benzene rings is 1. The molecule has 0 radical (unpaired) electrons. The van der Waals surface area contributed by atoms with Gasteiger partial charge in [-0.25, -0.2) is 0 Å². The lowest BCUT2D eigenvalue weighted by Crippen LogP contribution is -2.49. The van der Waals surface area contributed by atoms with Crippen LogP contribution in [0.15, 0.2) is 18.2 Å². The molecule has 0 amide bonds. The van der Waals surface area contributed by atoms with Crippen LogP contribution >= 0.6 is 11.6 Å². The number of hydrogen-bond acceptors (Lipinski definition) is 2. The molecule has 4 aliphatic rings. The fourth-order valence-corrected chi connectivity index (χ4v) is 5.86. The highest BCUT2D eigenvalue weighted by Crippen LogP contribution is 2.50. The van der Waals surface area contributed by atoms with E-state index in [1.54, 1.807) is 0 Å². The Balaban J connectivity index is 1.34. The Morgan fingerprint density at radius 3 is 2.73 bits per heavy atom. The number of hydrogen-bond donors (Lipinski definition) is 0. The van der Waals surface area contributed by atoms with Crippen LogP contribution in [0.2, 0.25) is 5.02 Å². The Bertz CT molecular complexity index is 593. The highest BCUT2D eigenvalue weighted by molar-refractivity contribution is 6.30. The van der Waals surface area contributed by atoms with Crippen molar-refractivity contribution in [3.63, 3.8) is 0 Å². The summed E-state index contributed by atoms with van der Waals surface area (Å²) in [5, 5.41) is 0.846. The van der Waals surface area contributed by atoms with Gasteiger partial charge >= 0.3 is 0 Å². The van der Waals surface area contributed by atoms with Crippen molar-refractivity contribution in [2.75, 3.05) is 19.7 Å². The Hall–Kier alpha value is -0.730. The molecule has 0 aromatic heterocycles. The molecule has 3 atom stereocenters. The lowest BCUT2D eigenvalue weighted by Gasteiger charge is -2.43. The van der Waals surface area contributed by atoms with E-state index in [1.165, 1.54) is 57.2 Å². The van der Waals surface area contributed by atoms with E-state index in [4.69, 9.17) is 16.3 Å². The number of rotatable bonds is 1. The monoisotopic (exact) mass is 317 g/mol. The van der Waals surface area contributed by atoms with E-state index in [0.717, 1.165) is 35.3 Å². The van der Waals surface area contributed by atoms with Gasteiger partial charge < -0.3 is 9.64 Å². The van der Waals surface area contributed by atoms with E-state index in [1.807, 2.05) is 6.07 Å². The van der Waals surface area contributed by atoms with Crippen molar-refractivity contribution in [3.05, 3.63) is 28.8 Å². The van der Waals surface area contributed by atoms with Crippen molar-refractivity contribution in [3.8, 4) is 5.75 Å². The minimum atomic E-state index is 0.231. The molecule has 0 unspecified atom stereocenters. The normalized spacial score (nSPS) is 35.8. The second-order valence-electron chi connectivity index (χ2n) is 7.99. The van der Waals surface area contributed by atoms with Crippen molar-refractivity contribution < 1.29 is 4.74 Å². The molecule has 2 saturated carbocycles. The van der Waals surface area contributed by atoms with Crippen LogP contribution in [0.1, 0.15) is 44.1 Å². The first-order chi connectivity index (χ1) is 10.7. The highest BCUT2D eigenvalue weighted by Gasteiger charge is 2.47. The number of nitrogens with zero attached hydrogens (tertiary/aromatic N) is 1. The smallest absolute Gasteiger partial charge is 0.123 e.